The summed E-state index contributed by atoms with van der Waals surface area (Å²) in [5.41, 5.74) is 0. The number of amides is 1. The van der Waals surface area contributed by atoms with Crippen LogP contribution in [0.4, 0.5) is 0 Å². The van der Waals surface area contributed by atoms with Crippen LogP contribution in [-0.4, -0.2) is 34.9 Å². The van der Waals surface area contributed by atoms with E-state index in [1.807, 2.05) is 6.08 Å². The zero-order valence-electron chi connectivity index (χ0n) is 43.4. The number of aliphatic hydroxyl groups excluding tert-OH is 2. The number of hydrogen-bond donors (Lipinski definition) is 3. The molecule has 0 spiro atoms. The highest BCUT2D eigenvalue weighted by atomic mass is 16.3. The summed E-state index contributed by atoms with van der Waals surface area (Å²) in [5, 5.41) is 23.1. The van der Waals surface area contributed by atoms with E-state index in [1.54, 1.807) is 6.08 Å². The van der Waals surface area contributed by atoms with E-state index in [0.717, 1.165) is 109 Å². The van der Waals surface area contributed by atoms with Crippen LogP contribution in [0.15, 0.2) is 146 Å². The Balaban J connectivity index is 3.72. The van der Waals surface area contributed by atoms with Crippen molar-refractivity contribution >= 4 is 5.91 Å². The lowest BCUT2D eigenvalue weighted by Crippen LogP contribution is -2.45. The number of unbranched alkanes of at least 4 members (excludes halogenated alkanes) is 19. The standard InChI is InChI=1S/C63H103NO3/c1-3-5-7-9-11-13-15-17-19-21-23-24-25-26-27-28-29-30-31-32-33-34-35-36-37-38-39-40-41-43-45-47-49-51-53-55-57-59-63(67)64-61(60-65)62(66)58-56-54-52-50-48-46-44-42-22-20-18-16-14-12-10-8-6-4-2/h5,7,11,13,17,19,23-24,26-27,29-30,32-33,35-36,38-39,41,43,47,49,56,58,61-62,65-66H,3-4,6,8-10,12,14-16,18,20-22,25,28,31,34,37,40,42,44-46,48,50-55,57,59-60H2,1-2H3,(H,64,67)/b7-5-,13-11-,19-17-,24-23-,27-26-,30-29-,33-32-,36-35-,39-38-,43-41-,49-47-,58-56+. The Morgan fingerprint density at radius 2 is 0.657 bits per heavy atom. The maximum Gasteiger partial charge on any atom is 0.220 e. The van der Waals surface area contributed by atoms with Crippen molar-refractivity contribution < 1.29 is 15.0 Å². The number of allylic oxidation sites excluding steroid dienone is 23. The lowest BCUT2D eigenvalue weighted by molar-refractivity contribution is -0.123. The first kappa shape index (κ1) is 63.3. The Hall–Kier alpha value is -3.73. The van der Waals surface area contributed by atoms with Crippen LogP contribution in [0.25, 0.3) is 0 Å². The Kier molecular flexibility index (Phi) is 53.4. The summed E-state index contributed by atoms with van der Waals surface area (Å²) in [6.07, 6.45) is 89.9. The number of hydrogen-bond acceptors (Lipinski definition) is 3. The molecule has 378 valence electrons. The zero-order valence-corrected chi connectivity index (χ0v) is 43.4. The van der Waals surface area contributed by atoms with E-state index in [-0.39, 0.29) is 12.5 Å². The molecule has 0 aliphatic carbocycles. The Bertz CT molecular complexity index is 1420. The van der Waals surface area contributed by atoms with Gasteiger partial charge in [-0.3, -0.25) is 4.79 Å². The predicted molar refractivity (Wildman–Crippen MR) is 298 cm³/mol. The molecule has 0 saturated heterocycles. The molecule has 2 unspecified atom stereocenters. The third-order valence-corrected chi connectivity index (χ3v) is 11.6. The molecule has 67 heavy (non-hydrogen) atoms. The van der Waals surface area contributed by atoms with Crippen molar-refractivity contribution in [3.05, 3.63) is 146 Å². The van der Waals surface area contributed by atoms with Crippen molar-refractivity contribution in [3.8, 4) is 0 Å². The fraction of sp³-hybridized carbons (Fsp3) is 0.603. The minimum Gasteiger partial charge on any atom is -0.394 e. The molecule has 2 atom stereocenters. The number of carbonyl (C=O) groups is 1. The van der Waals surface area contributed by atoms with E-state index in [4.69, 9.17) is 0 Å². The highest BCUT2D eigenvalue weighted by Crippen LogP contribution is 2.15. The number of rotatable bonds is 48. The van der Waals surface area contributed by atoms with Gasteiger partial charge >= 0.3 is 0 Å². The monoisotopic (exact) mass is 922 g/mol. The van der Waals surface area contributed by atoms with E-state index in [1.165, 1.54) is 96.3 Å². The van der Waals surface area contributed by atoms with Crippen LogP contribution in [0.1, 0.15) is 226 Å². The normalized spacial score (nSPS) is 14.0. The van der Waals surface area contributed by atoms with Crippen LogP contribution < -0.4 is 5.32 Å². The van der Waals surface area contributed by atoms with Crippen molar-refractivity contribution in [1.29, 1.82) is 0 Å². The molecule has 0 radical (unpaired) electrons. The molecule has 0 fully saturated rings. The highest BCUT2D eigenvalue weighted by Gasteiger charge is 2.17. The molecule has 0 saturated carbocycles. The maximum absolute atomic E-state index is 12.4. The first-order chi connectivity index (χ1) is 33.2. The maximum atomic E-state index is 12.4. The van der Waals surface area contributed by atoms with Crippen molar-refractivity contribution in [3.63, 3.8) is 0 Å². The summed E-state index contributed by atoms with van der Waals surface area (Å²) in [6, 6.07) is -0.651. The average molecular weight is 923 g/mol. The van der Waals surface area contributed by atoms with Crippen molar-refractivity contribution in [1.82, 2.24) is 5.32 Å². The average Bonchev–Trinajstić information content (AvgIpc) is 3.33. The summed E-state index contributed by atoms with van der Waals surface area (Å²) in [6.45, 7) is 4.18. The molecule has 4 heteroatoms. The predicted octanol–water partition coefficient (Wildman–Crippen LogP) is 18.4. The summed E-state index contributed by atoms with van der Waals surface area (Å²) in [4.78, 5) is 12.4. The largest absolute Gasteiger partial charge is 0.394 e. The SMILES string of the molecule is CC/C=C\C/C=C\C/C=C\C/C=C\C/C=C\C/C=C\C/C=C\C/C=C\C/C=C\C/C=C\C/C=C\CCCCCC(=O)NC(CO)C(O)/C=C/CCCCCCCCCCCCCCCCCC. The van der Waals surface area contributed by atoms with Crippen LogP contribution in [-0.2, 0) is 4.79 Å². The lowest BCUT2D eigenvalue weighted by Gasteiger charge is -2.19. The van der Waals surface area contributed by atoms with Gasteiger partial charge in [-0.05, 0) is 103 Å². The number of nitrogens with one attached hydrogen (secondary N) is 1. The van der Waals surface area contributed by atoms with Crippen LogP contribution in [0.3, 0.4) is 0 Å². The van der Waals surface area contributed by atoms with Crippen molar-refractivity contribution in [2.75, 3.05) is 6.61 Å². The van der Waals surface area contributed by atoms with Crippen molar-refractivity contribution in [2.45, 2.75) is 238 Å². The second-order valence-corrected chi connectivity index (χ2v) is 17.9. The summed E-state index contributed by atoms with van der Waals surface area (Å²) in [5.74, 6) is -0.101. The lowest BCUT2D eigenvalue weighted by atomic mass is 10.0. The van der Waals surface area contributed by atoms with Gasteiger partial charge in [0.2, 0.25) is 5.91 Å². The summed E-state index contributed by atoms with van der Waals surface area (Å²) < 4.78 is 0. The Labute approximate surface area is 414 Å². The van der Waals surface area contributed by atoms with Gasteiger partial charge in [0.05, 0.1) is 18.8 Å². The minimum absolute atomic E-state index is 0.101. The third-order valence-electron chi connectivity index (χ3n) is 11.6. The molecule has 1 amide bonds. The van der Waals surface area contributed by atoms with Crippen molar-refractivity contribution in [2.24, 2.45) is 0 Å². The quantitative estimate of drug-likeness (QED) is 0.0421. The molecule has 0 aliphatic heterocycles. The van der Waals surface area contributed by atoms with Crippen LogP contribution in [0, 0.1) is 0 Å². The molecular weight excluding hydrogens is 819 g/mol. The van der Waals surface area contributed by atoms with Gasteiger partial charge in [-0.25, -0.2) is 0 Å². The van der Waals surface area contributed by atoms with E-state index in [9.17, 15) is 15.0 Å². The molecule has 0 heterocycles. The minimum atomic E-state index is -0.864. The van der Waals surface area contributed by atoms with Gasteiger partial charge in [-0.1, -0.05) is 262 Å². The fourth-order valence-corrected chi connectivity index (χ4v) is 7.42. The first-order valence-electron chi connectivity index (χ1n) is 27.5. The second-order valence-electron chi connectivity index (χ2n) is 17.9. The highest BCUT2D eigenvalue weighted by molar-refractivity contribution is 5.76. The second kappa shape index (κ2) is 56.6. The first-order valence-corrected chi connectivity index (χ1v) is 27.5. The van der Waals surface area contributed by atoms with Gasteiger partial charge in [0.15, 0.2) is 0 Å². The number of aliphatic hydroxyl groups is 2. The molecule has 0 aliphatic rings. The zero-order chi connectivity index (χ0) is 48.5. The summed E-state index contributed by atoms with van der Waals surface area (Å²) in [7, 11) is 0. The van der Waals surface area contributed by atoms with Crippen LogP contribution in [0.2, 0.25) is 0 Å². The van der Waals surface area contributed by atoms with E-state index in [0.29, 0.717) is 6.42 Å². The molecule has 0 rings (SSSR count). The molecular formula is C63H103NO3. The molecule has 0 aromatic rings. The van der Waals surface area contributed by atoms with Gasteiger partial charge in [0.1, 0.15) is 0 Å². The Morgan fingerprint density at radius 1 is 0.373 bits per heavy atom. The topological polar surface area (TPSA) is 69.6 Å². The third kappa shape index (κ3) is 53.1. The van der Waals surface area contributed by atoms with Gasteiger partial charge < -0.3 is 15.5 Å². The number of carbonyl (C=O) groups excluding carboxylic acids is 1. The van der Waals surface area contributed by atoms with E-state index in [2.05, 4.69) is 153 Å². The molecule has 4 nitrogen and oxygen atoms in total. The van der Waals surface area contributed by atoms with Crippen LogP contribution in [0.5, 0.6) is 0 Å². The van der Waals surface area contributed by atoms with Gasteiger partial charge in [-0.2, -0.15) is 0 Å². The molecule has 0 aromatic carbocycles. The van der Waals surface area contributed by atoms with E-state index >= 15 is 0 Å². The Morgan fingerprint density at radius 3 is 0.985 bits per heavy atom. The molecule has 3 N–H and O–H groups in total. The van der Waals surface area contributed by atoms with Gasteiger partial charge in [0, 0.05) is 6.42 Å². The summed E-state index contributed by atoms with van der Waals surface area (Å²) >= 11 is 0. The van der Waals surface area contributed by atoms with Gasteiger partial charge in [0.25, 0.3) is 0 Å². The molecule has 0 aromatic heterocycles. The molecule has 0 bridgehead atoms. The fourth-order valence-electron chi connectivity index (χ4n) is 7.42. The van der Waals surface area contributed by atoms with Gasteiger partial charge in [-0.15, -0.1) is 0 Å². The van der Waals surface area contributed by atoms with Crippen LogP contribution >= 0.6 is 0 Å². The smallest absolute Gasteiger partial charge is 0.220 e. The van der Waals surface area contributed by atoms with E-state index < -0.39 is 12.1 Å².